The van der Waals surface area contributed by atoms with Crippen molar-refractivity contribution in [2.45, 2.75) is 32.4 Å². The van der Waals surface area contributed by atoms with E-state index in [-0.39, 0.29) is 12.1 Å². The topological polar surface area (TPSA) is 57.1 Å². The van der Waals surface area contributed by atoms with Crippen LogP contribution in [-0.2, 0) is 4.79 Å². The van der Waals surface area contributed by atoms with Crippen molar-refractivity contribution in [2.75, 3.05) is 5.75 Å². The highest BCUT2D eigenvalue weighted by molar-refractivity contribution is 8.13. The first-order chi connectivity index (χ1) is 12.8. The Morgan fingerprint density at radius 3 is 2.92 bits per heavy atom. The second-order valence-electron chi connectivity index (χ2n) is 6.14. The lowest BCUT2D eigenvalue weighted by Crippen LogP contribution is -2.50. The predicted molar refractivity (Wildman–Crippen MR) is 107 cm³/mol. The Bertz CT molecular complexity index is 952. The summed E-state index contributed by atoms with van der Waals surface area (Å²) in [6, 6.07) is 11.8. The zero-order chi connectivity index (χ0) is 17.9. The van der Waals surface area contributed by atoms with E-state index in [9.17, 15) is 4.79 Å². The third-order valence-corrected chi connectivity index (χ3v) is 6.16. The molecule has 3 heterocycles. The maximum absolute atomic E-state index is 12.9. The minimum Gasteiger partial charge on any atom is -0.298 e. The lowest BCUT2D eigenvalue weighted by atomic mass is 10.1. The summed E-state index contributed by atoms with van der Waals surface area (Å²) in [7, 11) is 0. The lowest BCUT2D eigenvalue weighted by Gasteiger charge is -2.33. The average molecular weight is 385 g/mol. The molecule has 4 rings (SSSR count). The minimum atomic E-state index is -0.294. The van der Waals surface area contributed by atoms with Gasteiger partial charge >= 0.3 is 0 Å². The number of amidine groups is 1. The van der Waals surface area contributed by atoms with Crippen molar-refractivity contribution in [3.63, 3.8) is 0 Å². The third-order valence-electron chi connectivity index (χ3n) is 4.30. The summed E-state index contributed by atoms with van der Waals surface area (Å²) in [4.78, 5) is 18.8. The van der Waals surface area contributed by atoms with E-state index in [0.717, 1.165) is 27.6 Å². The molecule has 26 heavy (non-hydrogen) atoms. The normalized spacial score (nSPS) is 18.6. The monoisotopic (exact) mass is 384 g/mol. The Labute approximate surface area is 160 Å². The number of carbonyl (C=O) groups excluding carboxylic acids is 1. The van der Waals surface area contributed by atoms with E-state index >= 15 is 0 Å². The smallest absolute Gasteiger partial charge is 0.276 e. The van der Waals surface area contributed by atoms with Crippen molar-refractivity contribution >= 4 is 39.9 Å². The van der Waals surface area contributed by atoms with Gasteiger partial charge in [0.2, 0.25) is 0 Å². The summed E-state index contributed by atoms with van der Waals surface area (Å²) in [5, 5.41) is 13.8. The second kappa shape index (κ2) is 7.63. The zero-order valence-electron chi connectivity index (χ0n) is 14.5. The molecule has 0 fully saturated rings. The molecule has 1 aromatic heterocycles. The molecule has 2 aromatic rings. The Hall–Kier alpha value is -2.12. The van der Waals surface area contributed by atoms with Crippen molar-refractivity contribution in [1.82, 2.24) is 10.3 Å². The number of amides is 1. The third kappa shape index (κ3) is 3.29. The number of hydrazone groups is 1. The molecule has 1 amide bonds. The highest BCUT2D eigenvalue weighted by Gasteiger charge is 2.34. The highest BCUT2D eigenvalue weighted by atomic mass is 32.2. The number of benzene rings is 1. The first-order valence-corrected chi connectivity index (χ1v) is 10.7. The molecule has 134 valence electrons. The summed E-state index contributed by atoms with van der Waals surface area (Å²) >= 11 is 3.23. The summed E-state index contributed by atoms with van der Waals surface area (Å²) in [5.74, 6) is 0.843. The number of hydrogen-bond acceptors (Lipinski definition) is 6. The number of carbonyl (C=O) groups is 1. The lowest BCUT2D eigenvalue weighted by molar-refractivity contribution is -0.116. The Morgan fingerprint density at radius 2 is 2.12 bits per heavy atom. The number of fused-ring (bicyclic) bond motifs is 2. The van der Waals surface area contributed by atoms with E-state index < -0.39 is 0 Å². The molecule has 1 N–H and O–H groups in total. The van der Waals surface area contributed by atoms with Crippen LogP contribution in [0.5, 0.6) is 0 Å². The standard InChI is InChI=1S/C19H20N4OS2/c1-2-3-6-11-26-19-21-18(24)16-13-8-4-5-9-14(13)20-17(23(16)22-19)15-10-7-12-25-15/h4-5,7-10,12,17H,2-3,6,11H2,1H3,(H,21,22,24)/t17-/m0/s1. The molecule has 1 aromatic carbocycles. The van der Waals surface area contributed by atoms with Gasteiger partial charge in [0.1, 0.15) is 5.70 Å². The van der Waals surface area contributed by atoms with Gasteiger partial charge in [-0.2, -0.15) is 0 Å². The van der Waals surface area contributed by atoms with Gasteiger partial charge in [-0.1, -0.05) is 55.8 Å². The van der Waals surface area contributed by atoms with E-state index in [2.05, 4.69) is 12.2 Å². The van der Waals surface area contributed by atoms with Crippen LogP contribution in [0, 0.1) is 0 Å². The molecule has 0 saturated heterocycles. The molecule has 0 saturated carbocycles. The van der Waals surface area contributed by atoms with Crippen LogP contribution < -0.4 is 15.9 Å². The van der Waals surface area contributed by atoms with Crippen LogP contribution in [0.1, 0.15) is 37.2 Å². The van der Waals surface area contributed by atoms with Crippen molar-refractivity contribution in [3.8, 4) is 0 Å². The number of nitrogens with zero attached hydrogens (tertiary/aromatic N) is 3. The predicted octanol–water partition coefficient (Wildman–Crippen LogP) is 2.81. The van der Waals surface area contributed by atoms with E-state index in [4.69, 9.17) is 10.1 Å². The van der Waals surface area contributed by atoms with Gasteiger partial charge in [-0.3, -0.25) is 15.1 Å². The Kier molecular flexibility index (Phi) is 5.08. The van der Waals surface area contributed by atoms with Gasteiger partial charge < -0.3 is 0 Å². The molecular formula is C19H20N4OS2. The average Bonchev–Trinajstić information content (AvgIpc) is 3.19. The number of thiophene rings is 1. The van der Waals surface area contributed by atoms with Crippen LogP contribution in [0.25, 0.3) is 5.70 Å². The summed E-state index contributed by atoms with van der Waals surface area (Å²) < 4.78 is 0. The number of nitrogens with one attached hydrogen (secondary N) is 1. The van der Waals surface area contributed by atoms with Crippen molar-refractivity contribution in [1.29, 1.82) is 0 Å². The van der Waals surface area contributed by atoms with Gasteiger partial charge in [0.05, 0.1) is 10.2 Å². The maximum atomic E-state index is 12.9. The van der Waals surface area contributed by atoms with Gasteiger partial charge in [0, 0.05) is 11.0 Å². The molecule has 0 spiro atoms. The van der Waals surface area contributed by atoms with Crippen molar-refractivity contribution in [3.05, 3.63) is 57.2 Å². The Balaban J connectivity index is 1.75. The number of hydrogen-bond donors (Lipinski definition) is 1. The van der Waals surface area contributed by atoms with Crippen LogP contribution >= 0.6 is 23.1 Å². The van der Waals surface area contributed by atoms with Gasteiger partial charge in [-0.25, -0.2) is 5.01 Å². The quantitative estimate of drug-likeness (QED) is 0.807. The molecule has 0 unspecified atom stereocenters. The fourth-order valence-corrected chi connectivity index (χ4v) is 4.64. The first-order valence-electron chi connectivity index (χ1n) is 8.80. The summed E-state index contributed by atoms with van der Waals surface area (Å²) in [6.07, 6.45) is 3.20. The van der Waals surface area contributed by atoms with E-state index in [1.54, 1.807) is 28.1 Å². The van der Waals surface area contributed by atoms with Crippen LogP contribution in [0.4, 0.5) is 0 Å². The molecular weight excluding hydrogens is 364 g/mol. The second-order valence-corrected chi connectivity index (χ2v) is 8.21. The van der Waals surface area contributed by atoms with Crippen LogP contribution in [0.3, 0.4) is 0 Å². The fraction of sp³-hybridized carbons (Fsp3) is 0.316. The highest BCUT2D eigenvalue weighted by Crippen LogP contribution is 2.32. The molecule has 0 aliphatic carbocycles. The van der Waals surface area contributed by atoms with Crippen LogP contribution in [0.2, 0.25) is 0 Å². The van der Waals surface area contributed by atoms with E-state index in [1.165, 1.54) is 12.8 Å². The number of rotatable bonds is 5. The first kappa shape index (κ1) is 17.3. The zero-order valence-corrected chi connectivity index (χ0v) is 16.1. The molecule has 0 bridgehead atoms. The van der Waals surface area contributed by atoms with Gasteiger partial charge in [0.25, 0.3) is 5.91 Å². The van der Waals surface area contributed by atoms with Gasteiger partial charge in [-0.15, -0.1) is 16.4 Å². The molecule has 1 atom stereocenters. The summed E-state index contributed by atoms with van der Waals surface area (Å²) in [6.45, 7) is 2.18. The fourth-order valence-electron chi connectivity index (χ4n) is 3.04. The molecule has 5 nitrogen and oxygen atoms in total. The van der Waals surface area contributed by atoms with E-state index in [1.807, 2.05) is 41.8 Å². The van der Waals surface area contributed by atoms with Crippen molar-refractivity contribution in [2.24, 2.45) is 10.1 Å². The minimum absolute atomic E-state index is 0.109. The molecule has 0 radical (unpaired) electrons. The Morgan fingerprint density at radius 1 is 1.23 bits per heavy atom. The molecule has 2 aliphatic heterocycles. The number of thioether (sulfide) groups is 1. The van der Waals surface area contributed by atoms with Crippen LogP contribution in [-0.4, -0.2) is 21.8 Å². The number of unbranched alkanes of at least 4 members (excludes halogenated alkanes) is 2. The van der Waals surface area contributed by atoms with Gasteiger partial charge in [0.15, 0.2) is 11.3 Å². The molecule has 7 heteroatoms. The van der Waals surface area contributed by atoms with Crippen LogP contribution in [0.15, 0.2) is 51.9 Å². The molecule has 2 aliphatic rings. The SMILES string of the molecule is CCCCCSC1=NN2C(=c3ccccc3=N[C@@H]2c2cccs2)C(=O)N1. The largest absolute Gasteiger partial charge is 0.298 e. The van der Waals surface area contributed by atoms with E-state index in [0.29, 0.717) is 10.9 Å². The number of para-hydroxylation sites is 1. The van der Waals surface area contributed by atoms with Gasteiger partial charge in [-0.05, 0) is 23.9 Å². The summed E-state index contributed by atoms with van der Waals surface area (Å²) in [5.41, 5.74) is 0.576. The maximum Gasteiger partial charge on any atom is 0.276 e. The van der Waals surface area contributed by atoms with Crippen molar-refractivity contribution < 1.29 is 4.79 Å².